The van der Waals surface area contributed by atoms with E-state index in [9.17, 15) is 19.2 Å². The zero-order chi connectivity index (χ0) is 28.3. The molecular formula is C29H33Cl2N3O5. The Hall–Kier alpha value is -3.10. The Morgan fingerprint density at radius 3 is 2.08 bits per heavy atom. The molecule has 10 heteroatoms. The van der Waals surface area contributed by atoms with Gasteiger partial charge in [0.2, 0.25) is 11.8 Å². The van der Waals surface area contributed by atoms with Gasteiger partial charge in [-0.15, -0.1) is 0 Å². The Morgan fingerprint density at radius 1 is 0.872 bits per heavy atom. The zero-order valence-corrected chi connectivity index (χ0v) is 23.9. The fourth-order valence-electron chi connectivity index (χ4n) is 5.59. The summed E-state index contributed by atoms with van der Waals surface area (Å²) in [5.41, 5.74) is 1.72. The molecule has 0 N–H and O–H groups in total. The molecule has 2 atom stereocenters. The normalized spacial score (nSPS) is 19.9. The van der Waals surface area contributed by atoms with Crippen LogP contribution in [0.1, 0.15) is 58.4 Å². The summed E-state index contributed by atoms with van der Waals surface area (Å²) >= 11 is 12.6. The molecule has 4 rings (SSSR count). The number of halogens is 2. The van der Waals surface area contributed by atoms with Crippen molar-refractivity contribution in [1.82, 2.24) is 14.7 Å². The van der Waals surface area contributed by atoms with E-state index in [1.807, 2.05) is 17.0 Å². The first-order valence-corrected chi connectivity index (χ1v) is 13.8. The number of esters is 1. The van der Waals surface area contributed by atoms with Crippen molar-refractivity contribution in [2.75, 3.05) is 40.3 Å². The average molecular weight is 575 g/mol. The fraction of sp³-hybridized carbons (Fsp3) is 0.448. The van der Waals surface area contributed by atoms with E-state index in [0.717, 1.165) is 5.56 Å². The smallest absolute Gasteiger partial charge is 0.337 e. The van der Waals surface area contributed by atoms with Crippen molar-refractivity contribution < 1.29 is 23.9 Å². The molecule has 0 radical (unpaired) electrons. The monoisotopic (exact) mass is 573 g/mol. The third-order valence-corrected chi connectivity index (χ3v) is 8.66. The first-order chi connectivity index (χ1) is 18.6. The third-order valence-electron chi connectivity index (χ3n) is 7.92. The summed E-state index contributed by atoms with van der Waals surface area (Å²) in [6, 6.07) is 11.6. The minimum absolute atomic E-state index is 0.0361. The lowest BCUT2D eigenvalue weighted by Crippen LogP contribution is -2.53. The van der Waals surface area contributed by atoms with Gasteiger partial charge in [0.15, 0.2) is 0 Å². The molecule has 0 spiro atoms. The van der Waals surface area contributed by atoms with E-state index in [1.54, 1.807) is 54.1 Å². The van der Waals surface area contributed by atoms with Gasteiger partial charge in [0.1, 0.15) is 0 Å². The topological polar surface area (TPSA) is 87.2 Å². The predicted molar refractivity (Wildman–Crippen MR) is 149 cm³/mol. The van der Waals surface area contributed by atoms with Crippen molar-refractivity contribution in [3.05, 3.63) is 69.2 Å². The number of piperidine rings is 2. The number of nitrogens with zero attached hydrogens (tertiary/aromatic N) is 3. The SMILES string of the molecule is COC(=O)c1ccc(C(=O)N(C)[C@@H]2CCN(C(=O)C3CCN(C(C)=O)CC3)C[C@H]2c2ccc(Cl)c(Cl)c2)cc1. The van der Waals surface area contributed by atoms with Gasteiger partial charge >= 0.3 is 5.97 Å². The van der Waals surface area contributed by atoms with Crippen LogP contribution in [-0.4, -0.2) is 84.8 Å². The highest BCUT2D eigenvalue weighted by atomic mass is 35.5. The second kappa shape index (κ2) is 12.4. The number of hydrogen-bond acceptors (Lipinski definition) is 5. The molecule has 2 aromatic rings. The number of carbonyl (C=O) groups excluding carboxylic acids is 4. The molecule has 0 saturated carbocycles. The van der Waals surface area contributed by atoms with Gasteiger partial charge in [-0.1, -0.05) is 29.3 Å². The summed E-state index contributed by atoms with van der Waals surface area (Å²) in [5.74, 6) is -0.829. The highest BCUT2D eigenvalue weighted by molar-refractivity contribution is 6.42. The number of methoxy groups -OCH3 is 1. The van der Waals surface area contributed by atoms with E-state index >= 15 is 0 Å². The van der Waals surface area contributed by atoms with Crippen LogP contribution in [-0.2, 0) is 14.3 Å². The van der Waals surface area contributed by atoms with Crippen LogP contribution in [0.4, 0.5) is 0 Å². The number of likely N-dealkylation sites (N-methyl/N-ethyl adjacent to an activating group) is 1. The van der Waals surface area contributed by atoms with Gasteiger partial charge in [0.05, 0.1) is 22.7 Å². The summed E-state index contributed by atoms with van der Waals surface area (Å²) in [4.78, 5) is 55.9. The molecular weight excluding hydrogens is 541 g/mol. The number of amides is 3. The summed E-state index contributed by atoms with van der Waals surface area (Å²) in [6.45, 7) is 3.69. The molecule has 2 aromatic carbocycles. The van der Waals surface area contributed by atoms with Crippen molar-refractivity contribution in [3.8, 4) is 0 Å². The van der Waals surface area contributed by atoms with E-state index < -0.39 is 5.97 Å². The molecule has 2 fully saturated rings. The van der Waals surface area contributed by atoms with Crippen LogP contribution >= 0.6 is 23.2 Å². The molecule has 8 nitrogen and oxygen atoms in total. The minimum atomic E-state index is -0.467. The van der Waals surface area contributed by atoms with Gasteiger partial charge in [0.25, 0.3) is 5.91 Å². The summed E-state index contributed by atoms with van der Waals surface area (Å²) in [5, 5.41) is 0.855. The van der Waals surface area contributed by atoms with E-state index in [1.165, 1.54) is 7.11 Å². The molecule has 0 aliphatic carbocycles. The lowest BCUT2D eigenvalue weighted by molar-refractivity contribution is -0.141. The Balaban J connectivity index is 1.54. The second-order valence-corrected chi connectivity index (χ2v) is 11.0. The van der Waals surface area contributed by atoms with Gasteiger partial charge in [-0.2, -0.15) is 0 Å². The molecule has 39 heavy (non-hydrogen) atoms. The van der Waals surface area contributed by atoms with Crippen molar-refractivity contribution in [2.24, 2.45) is 5.92 Å². The molecule has 208 valence electrons. The van der Waals surface area contributed by atoms with E-state index in [0.29, 0.717) is 66.6 Å². The fourth-order valence-corrected chi connectivity index (χ4v) is 5.90. The van der Waals surface area contributed by atoms with E-state index in [-0.39, 0.29) is 35.6 Å². The van der Waals surface area contributed by atoms with Crippen molar-refractivity contribution >= 4 is 46.9 Å². The van der Waals surface area contributed by atoms with Gasteiger partial charge in [-0.25, -0.2) is 4.79 Å². The molecule has 0 unspecified atom stereocenters. The Bertz CT molecular complexity index is 1240. The molecule has 2 aliphatic heterocycles. The first-order valence-electron chi connectivity index (χ1n) is 13.1. The Morgan fingerprint density at radius 2 is 1.49 bits per heavy atom. The number of carbonyl (C=O) groups is 4. The summed E-state index contributed by atoms with van der Waals surface area (Å²) in [7, 11) is 3.07. The average Bonchev–Trinajstić information content (AvgIpc) is 2.96. The number of hydrogen-bond donors (Lipinski definition) is 0. The highest BCUT2D eigenvalue weighted by Gasteiger charge is 2.39. The molecule has 0 bridgehead atoms. The van der Waals surface area contributed by atoms with Crippen molar-refractivity contribution in [3.63, 3.8) is 0 Å². The van der Waals surface area contributed by atoms with Crippen LogP contribution in [0.2, 0.25) is 10.0 Å². The predicted octanol–water partition coefficient (Wildman–Crippen LogP) is 4.50. The highest BCUT2D eigenvalue weighted by Crippen LogP contribution is 2.35. The maximum Gasteiger partial charge on any atom is 0.337 e. The molecule has 2 heterocycles. The number of rotatable bonds is 5. The number of benzene rings is 2. The minimum Gasteiger partial charge on any atom is -0.465 e. The summed E-state index contributed by atoms with van der Waals surface area (Å²) < 4.78 is 4.75. The molecule has 0 aromatic heterocycles. The summed E-state index contributed by atoms with van der Waals surface area (Å²) in [6.07, 6.45) is 1.89. The number of ether oxygens (including phenoxy) is 1. The van der Waals surface area contributed by atoms with E-state index in [4.69, 9.17) is 27.9 Å². The maximum atomic E-state index is 13.5. The molecule has 2 aliphatic rings. The molecule has 3 amide bonds. The van der Waals surface area contributed by atoms with Crippen LogP contribution < -0.4 is 0 Å². The van der Waals surface area contributed by atoms with Crippen LogP contribution in [0.3, 0.4) is 0 Å². The van der Waals surface area contributed by atoms with Crippen LogP contribution in [0.5, 0.6) is 0 Å². The third kappa shape index (κ3) is 6.39. The quantitative estimate of drug-likeness (QED) is 0.491. The zero-order valence-electron chi connectivity index (χ0n) is 22.4. The van der Waals surface area contributed by atoms with Gasteiger partial charge in [0, 0.05) is 63.6 Å². The van der Waals surface area contributed by atoms with Gasteiger partial charge in [-0.05, 0) is 61.2 Å². The standard InChI is InChI=1S/C29H33Cl2N3O5/c1-18(35)33-13-10-20(11-14-33)28(37)34-15-12-26(23(17-34)22-8-9-24(30)25(31)16-22)32(2)27(36)19-4-6-21(7-5-19)29(38)39-3/h4-9,16,20,23,26H,10-15,17H2,1-3H3/t23-,26+/m0/s1. The maximum absolute atomic E-state index is 13.5. The van der Waals surface area contributed by atoms with Crippen LogP contribution in [0, 0.1) is 5.92 Å². The lowest BCUT2D eigenvalue weighted by Gasteiger charge is -2.44. The van der Waals surface area contributed by atoms with Crippen LogP contribution in [0.25, 0.3) is 0 Å². The van der Waals surface area contributed by atoms with Crippen molar-refractivity contribution in [2.45, 2.75) is 38.1 Å². The van der Waals surface area contributed by atoms with Crippen molar-refractivity contribution in [1.29, 1.82) is 0 Å². The molecule has 2 saturated heterocycles. The van der Waals surface area contributed by atoms with Gasteiger partial charge in [-0.3, -0.25) is 14.4 Å². The Kier molecular flexibility index (Phi) is 9.18. The number of likely N-dealkylation sites (tertiary alicyclic amines) is 2. The lowest BCUT2D eigenvalue weighted by atomic mass is 9.83. The van der Waals surface area contributed by atoms with Gasteiger partial charge < -0.3 is 19.4 Å². The second-order valence-electron chi connectivity index (χ2n) is 10.2. The first kappa shape index (κ1) is 28.9. The largest absolute Gasteiger partial charge is 0.465 e. The van der Waals surface area contributed by atoms with E-state index in [2.05, 4.69) is 0 Å². The van der Waals surface area contributed by atoms with Crippen LogP contribution in [0.15, 0.2) is 42.5 Å². The Labute approximate surface area is 238 Å².